The van der Waals surface area contributed by atoms with E-state index in [0.717, 1.165) is 38.8 Å². The molecule has 0 aliphatic heterocycles. The van der Waals surface area contributed by atoms with Crippen molar-refractivity contribution in [2.75, 3.05) is 20.2 Å². The summed E-state index contributed by atoms with van der Waals surface area (Å²) in [4.78, 5) is 10.8. The van der Waals surface area contributed by atoms with Crippen LogP contribution in [0.3, 0.4) is 0 Å². The molecule has 0 aromatic heterocycles. The molecule has 1 saturated carbocycles. The first kappa shape index (κ1) is 12.5. The maximum Gasteiger partial charge on any atom is 0.305 e. The first-order valence-corrected chi connectivity index (χ1v) is 5.69. The molecule has 1 aliphatic rings. The van der Waals surface area contributed by atoms with Crippen molar-refractivity contribution in [1.82, 2.24) is 5.32 Å². The second kappa shape index (κ2) is 6.80. The Hall–Kier alpha value is -0.610. The first-order valence-electron chi connectivity index (χ1n) is 5.69. The molecule has 0 heterocycles. The number of hydrogen-bond acceptors (Lipinski definition) is 4. The SMILES string of the molecule is COC(=O)CCCNCC1CCCC1O. The van der Waals surface area contributed by atoms with Crippen molar-refractivity contribution in [3.05, 3.63) is 0 Å². The molecule has 2 atom stereocenters. The van der Waals surface area contributed by atoms with E-state index in [1.807, 2.05) is 0 Å². The molecule has 0 spiro atoms. The number of nitrogens with one attached hydrogen (secondary N) is 1. The molecule has 0 aromatic carbocycles. The lowest BCUT2D eigenvalue weighted by Gasteiger charge is -2.14. The molecule has 1 fully saturated rings. The minimum Gasteiger partial charge on any atom is -0.469 e. The van der Waals surface area contributed by atoms with E-state index in [-0.39, 0.29) is 12.1 Å². The summed E-state index contributed by atoms with van der Waals surface area (Å²) >= 11 is 0. The summed E-state index contributed by atoms with van der Waals surface area (Å²) in [7, 11) is 1.41. The lowest BCUT2D eigenvalue weighted by molar-refractivity contribution is -0.140. The van der Waals surface area contributed by atoms with Crippen LogP contribution in [0.15, 0.2) is 0 Å². The summed E-state index contributed by atoms with van der Waals surface area (Å²) in [5.74, 6) is 0.251. The summed E-state index contributed by atoms with van der Waals surface area (Å²) in [6.45, 7) is 1.68. The predicted molar refractivity (Wildman–Crippen MR) is 57.5 cm³/mol. The Morgan fingerprint density at radius 2 is 2.33 bits per heavy atom. The smallest absolute Gasteiger partial charge is 0.305 e. The molecule has 4 heteroatoms. The molecule has 0 saturated heterocycles. The zero-order valence-corrected chi connectivity index (χ0v) is 9.37. The van der Waals surface area contributed by atoms with E-state index in [9.17, 15) is 9.90 Å². The van der Waals surface area contributed by atoms with Gasteiger partial charge in [-0.05, 0) is 31.7 Å². The molecular formula is C11H21NO3. The Balaban J connectivity index is 1.95. The molecule has 2 unspecified atom stereocenters. The van der Waals surface area contributed by atoms with E-state index in [0.29, 0.717) is 12.3 Å². The van der Waals surface area contributed by atoms with E-state index in [4.69, 9.17) is 0 Å². The van der Waals surface area contributed by atoms with Gasteiger partial charge in [-0.2, -0.15) is 0 Å². The fourth-order valence-corrected chi connectivity index (χ4v) is 2.00. The van der Waals surface area contributed by atoms with Crippen LogP contribution < -0.4 is 5.32 Å². The Labute approximate surface area is 91.0 Å². The molecule has 2 N–H and O–H groups in total. The highest BCUT2D eigenvalue weighted by Gasteiger charge is 2.24. The van der Waals surface area contributed by atoms with Gasteiger partial charge in [0.05, 0.1) is 13.2 Å². The van der Waals surface area contributed by atoms with Crippen molar-refractivity contribution in [3.8, 4) is 0 Å². The van der Waals surface area contributed by atoms with Crippen LogP contribution in [0.4, 0.5) is 0 Å². The molecule has 0 radical (unpaired) electrons. The third-order valence-corrected chi connectivity index (χ3v) is 2.99. The third-order valence-electron chi connectivity index (χ3n) is 2.99. The highest BCUT2D eigenvalue weighted by molar-refractivity contribution is 5.68. The zero-order valence-electron chi connectivity index (χ0n) is 9.37. The lowest BCUT2D eigenvalue weighted by Crippen LogP contribution is -2.28. The van der Waals surface area contributed by atoms with E-state index >= 15 is 0 Å². The fourth-order valence-electron chi connectivity index (χ4n) is 2.00. The molecule has 88 valence electrons. The number of aliphatic hydroxyl groups is 1. The number of carbonyl (C=O) groups excluding carboxylic acids is 1. The quantitative estimate of drug-likeness (QED) is 0.505. The van der Waals surface area contributed by atoms with Crippen LogP contribution in [0, 0.1) is 5.92 Å². The second-order valence-corrected chi connectivity index (χ2v) is 4.14. The molecule has 4 nitrogen and oxygen atoms in total. The predicted octanol–water partition coefficient (Wildman–Crippen LogP) is 0.690. The van der Waals surface area contributed by atoms with Crippen molar-refractivity contribution in [3.63, 3.8) is 0 Å². The van der Waals surface area contributed by atoms with Crippen LogP contribution in [0.2, 0.25) is 0 Å². The minimum atomic E-state index is -0.155. The summed E-state index contributed by atoms with van der Waals surface area (Å²) in [5.41, 5.74) is 0. The van der Waals surface area contributed by atoms with Crippen molar-refractivity contribution in [1.29, 1.82) is 0 Å². The van der Waals surface area contributed by atoms with Gasteiger partial charge in [-0.1, -0.05) is 6.42 Å². The summed E-state index contributed by atoms with van der Waals surface area (Å²) in [6, 6.07) is 0. The Morgan fingerprint density at radius 1 is 1.53 bits per heavy atom. The normalized spacial score (nSPS) is 25.5. The molecule has 1 aliphatic carbocycles. The van der Waals surface area contributed by atoms with E-state index < -0.39 is 0 Å². The van der Waals surface area contributed by atoms with Crippen LogP contribution in [0.1, 0.15) is 32.1 Å². The van der Waals surface area contributed by atoms with Crippen molar-refractivity contribution in [2.45, 2.75) is 38.2 Å². The number of hydrogen-bond donors (Lipinski definition) is 2. The standard InChI is InChI=1S/C11H21NO3/c1-15-11(14)6-3-7-12-8-9-4-2-5-10(9)13/h9-10,12-13H,2-8H2,1H3. The highest BCUT2D eigenvalue weighted by Crippen LogP contribution is 2.24. The second-order valence-electron chi connectivity index (χ2n) is 4.14. The molecule has 0 bridgehead atoms. The molecule has 0 amide bonds. The molecule has 0 aromatic rings. The Bertz CT molecular complexity index is 196. The first-order chi connectivity index (χ1) is 7.24. The number of rotatable bonds is 6. The monoisotopic (exact) mass is 215 g/mol. The van der Waals surface area contributed by atoms with Gasteiger partial charge in [0.15, 0.2) is 0 Å². The van der Waals surface area contributed by atoms with Crippen molar-refractivity contribution < 1.29 is 14.6 Å². The van der Waals surface area contributed by atoms with Gasteiger partial charge in [0.25, 0.3) is 0 Å². The lowest BCUT2D eigenvalue weighted by atomic mass is 10.1. The minimum absolute atomic E-state index is 0.127. The van der Waals surface area contributed by atoms with Crippen LogP contribution in [0.25, 0.3) is 0 Å². The van der Waals surface area contributed by atoms with Gasteiger partial charge in [-0.3, -0.25) is 4.79 Å². The van der Waals surface area contributed by atoms with Gasteiger partial charge < -0.3 is 15.2 Å². The van der Waals surface area contributed by atoms with Crippen LogP contribution in [0.5, 0.6) is 0 Å². The zero-order chi connectivity index (χ0) is 11.1. The fraction of sp³-hybridized carbons (Fsp3) is 0.909. The van der Waals surface area contributed by atoms with E-state index in [1.165, 1.54) is 7.11 Å². The Morgan fingerprint density at radius 3 is 2.93 bits per heavy atom. The average molecular weight is 215 g/mol. The van der Waals surface area contributed by atoms with E-state index in [1.54, 1.807) is 0 Å². The Kier molecular flexibility index (Phi) is 5.65. The number of methoxy groups -OCH3 is 1. The van der Waals surface area contributed by atoms with E-state index in [2.05, 4.69) is 10.1 Å². The average Bonchev–Trinajstić information content (AvgIpc) is 2.63. The summed E-state index contributed by atoms with van der Waals surface area (Å²) in [5, 5.41) is 12.8. The van der Waals surface area contributed by atoms with Gasteiger partial charge in [-0.15, -0.1) is 0 Å². The molecular weight excluding hydrogens is 194 g/mol. The number of aliphatic hydroxyl groups excluding tert-OH is 1. The highest BCUT2D eigenvalue weighted by atomic mass is 16.5. The van der Waals surface area contributed by atoms with Gasteiger partial charge in [0, 0.05) is 13.0 Å². The molecule has 15 heavy (non-hydrogen) atoms. The van der Waals surface area contributed by atoms with Gasteiger partial charge >= 0.3 is 5.97 Å². The number of esters is 1. The van der Waals surface area contributed by atoms with Crippen LogP contribution in [-0.2, 0) is 9.53 Å². The van der Waals surface area contributed by atoms with Crippen LogP contribution >= 0.6 is 0 Å². The molecule has 1 rings (SSSR count). The van der Waals surface area contributed by atoms with Crippen molar-refractivity contribution >= 4 is 5.97 Å². The third kappa shape index (κ3) is 4.62. The van der Waals surface area contributed by atoms with Crippen LogP contribution in [-0.4, -0.2) is 37.4 Å². The largest absolute Gasteiger partial charge is 0.469 e. The van der Waals surface area contributed by atoms with Gasteiger partial charge in [-0.25, -0.2) is 0 Å². The van der Waals surface area contributed by atoms with Crippen molar-refractivity contribution in [2.24, 2.45) is 5.92 Å². The maximum absolute atomic E-state index is 10.8. The van der Waals surface area contributed by atoms with Gasteiger partial charge in [0.2, 0.25) is 0 Å². The maximum atomic E-state index is 10.8. The summed E-state index contributed by atoms with van der Waals surface area (Å²) < 4.78 is 4.54. The number of ether oxygens (including phenoxy) is 1. The van der Waals surface area contributed by atoms with Gasteiger partial charge in [0.1, 0.15) is 0 Å². The topological polar surface area (TPSA) is 58.6 Å². The summed E-state index contributed by atoms with van der Waals surface area (Å²) in [6.07, 6.45) is 4.33. The number of carbonyl (C=O) groups is 1.